The molecule has 0 aliphatic heterocycles. The molecule has 2 aromatic rings. The number of carboxylic acids is 1. The molecule has 0 radical (unpaired) electrons. The Bertz CT molecular complexity index is 1090. The predicted molar refractivity (Wildman–Crippen MR) is 126 cm³/mol. The molecule has 0 aromatic heterocycles. The second kappa shape index (κ2) is 8.00. The third-order valence-corrected chi connectivity index (χ3v) is 5.36. The Kier molecular flexibility index (Phi) is 5.77. The van der Waals surface area contributed by atoms with Gasteiger partial charge in [0.15, 0.2) is 0 Å². The van der Waals surface area contributed by atoms with E-state index in [-0.39, 0.29) is 10.8 Å². The summed E-state index contributed by atoms with van der Waals surface area (Å²) in [6.07, 6.45) is 5.10. The molecule has 1 aliphatic carbocycles. The van der Waals surface area contributed by atoms with E-state index in [0.29, 0.717) is 5.56 Å². The Morgan fingerprint density at radius 1 is 1.03 bits per heavy atom. The summed E-state index contributed by atoms with van der Waals surface area (Å²) in [6, 6.07) is 13.5. The highest BCUT2D eigenvalue weighted by molar-refractivity contribution is 5.88. The van der Waals surface area contributed by atoms with Gasteiger partial charge in [-0.3, -0.25) is 0 Å². The first-order chi connectivity index (χ1) is 14.0. The number of fused-ring (bicyclic) bond motifs is 1. The van der Waals surface area contributed by atoms with Gasteiger partial charge in [0, 0.05) is 11.0 Å². The molecule has 2 nitrogen and oxygen atoms in total. The Morgan fingerprint density at radius 2 is 1.63 bits per heavy atom. The predicted octanol–water partition coefficient (Wildman–Crippen LogP) is 7.06. The number of hydrogen-bond donors (Lipinski definition) is 1. The quantitative estimate of drug-likeness (QED) is 0.444. The number of carbonyl (C=O) groups is 1. The first-order valence-corrected chi connectivity index (χ1v) is 10.4. The van der Waals surface area contributed by atoms with Crippen molar-refractivity contribution in [2.75, 3.05) is 0 Å². The number of rotatable bonds is 3. The van der Waals surface area contributed by atoms with Gasteiger partial charge in [-0.1, -0.05) is 67.7 Å². The minimum absolute atomic E-state index is 0.0416. The second-order valence-corrected chi connectivity index (χ2v) is 9.78. The van der Waals surface area contributed by atoms with Gasteiger partial charge in [-0.25, -0.2) is 4.79 Å². The van der Waals surface area contributed by atoms with Crippen molar-refractivity contribution < 1.29 is 9.90 Å². The standard InChI is InChI=1S/C28H30O2/c1-19-18-28(5,6)25-14-11-21(17-24(25)23(19)15-16-27(2,3)4)8-7-20-9-12-22(13-10-20)26(29)30/h7-14,17H,18H2,1-6H3,(H,29,30)/b8-7+. The van der Waals surface area contributed by atoms with Crippen LogP contribution >= 0.6 is 0 Å². The fraction of sp³-hybridized carbons (Fsp3) is 0.321. The average molecular weight is 399 g/mol. The van der Waals surface area contributed by atoms with E-state index < -0.39 is 5.97 Å². The molecule has 0 atom stereocenters. The van der Waals surface area contributed by atoms with Crippen molar-refractivity contribution in [1.82, 2.24) is 0 Å². The van der Waals surface area contributed by atoms with Gasteiger partial charge >= 0.3 is 5.97 Å². The Balaban J connectivity index is 2.00. The molecule has 0 unspecified atom stereocenters. The summed E-state index contributed by atoms with van der Waals surface area (Å²) < 4.78 is 0. The van der Waals surface area contributed by atoms with Gasteiger partial charge in [0.1, 0.15) is 0 Å². The lowest BCUT2D eigenvalue weighted by atomic mass is 9.70. The molecule has 0 fully saturated rings. The summed E-state index contributed by atoms with van der Waals surface area (Å²) >= 11 is 0. The first-order valence-electron chi connectivity index (χ1n) is 10.4. The zero-order valence-electron chi connectivity index (χ0n) is 18.8. The topological polar surface area (TPSA) is 37.3 Å². The molecule has 3 rings (SSSR count). The lowest BCUT2D eigenvalue weighted by Gasteiger charge is -2.34. The minimum atomic E-state index is -0.908. The van der Waals surface area contributed by atoms with Crippen LogP contribution in [0.25, 0.3) is 17.7 Å². The normalized spacial score (nSPS) is 15.5. The second-order valence-electron chi connectivity index (χ2n) is 9.78. The summed E-state index contributed by atoms with van der Waals surface area (Å²) in [7, 11) is 0. The summed E-state index contributed by atoms with van der Waals surface area (Å²) in [5, 5.41) is 9.05. The highest BCUT2D eigenvalue weighted by Gasteiger charge is 2.30. The van der Waals surface area contributed by atoms with Gasteiger partial charge in [0.2, 0.25) is 0 Å². The Morgan fingerprint density at radius 3 is 2.23 bits per heavy atom. The molecule has 0 amide bonds. The smallest absolute Gasteiger partial charge is 0.335 e. The van der Waals surface area contributed by atoms with E-state index in [9.17, 15) is 4.79 Å². The zero-order valence-corrected chi connectivity index (χ0v) is 18.8. The van der Waals surface area contributed by atoms with Gasteiger partial charge < -0.3 is 5.11 Å². The summed E-state index contributed by atoms with van der Waals surface area (Å²) in [5.74, 6) is 5.97. The molecular formula is C28H30O2. The Labute approximate surface area is 180 Å². The van der Waals surface area contributed by atoms with Crippen molar-refractivity contribution in [2.45, 2.75) is 53.4 Å². The molecule has 0 saturated heterocycles. The maximum absolute atomic E-state index is 11.0. The number of aromatic carboxylic acids is 1. The van der Waals surface area contributed by atoms with Crippen LogP contribution in [-0.2, 0) is 5.41 Å². The molecule has 2 aromatic carbocycles. The van der Waals surface area contributed by atoms with Gasteiger partial charge in [0.05, 0.1) is 5.56 Å². The maximum Gasteiger partial charge on any atom is 0.335 e. The molecule has 2 heteroatoms. The number of allylic oxidation sites excluding steroid dienone is 2. The van der Waals surface area contributed by atoms with Crippen molar-refractivity contribution in [1.29, 1.82) is 0 Å². The van der Waals surface area contributed by atoms with Crippen LogP contribution in [0.4, 0.5) is 0 Å². The maximum atomic E-state index is 11.0. The fourth-order valence-electron chi connectivity index (χ4n) is 3.89. The molecule has 1 aliphatic rings. The molecule has 1 N–H and O–H groups in total. The Hall–Kier alpha value is -3.05. The molecule has 0 saturated carbocycles. The summed E-state index contributed by atoms with van der Waals surface area (Å²) in [6.45, 7) is 13.2. The van der Waals surface area contributed by atoms with E-state index >= 15 is 0 Å². The monoisotopic (exact) mass is 398 g/mol. The average Bonchev–Trinajstić information content (AvgIpc) is 2.65. The van der Waals surface area contributed by atoms with Crippen molar-refractivity contribution in [3.63, 3.8) is 0 Å². The molecule has 0 spiro atoms. The van der Waals surface area contributed by atoms with Gasteiger partial charge in [0.25, 0.3) is 0 Å². The van der Waals surface area contributed by atoms with Crippen LogP contribution in [0.2, 0.25) is 0 Å². The van der Waals surface area contributed by atoms with E-state index in [1.807, 2.05) is 18.2 Å². The van der Waals surface area contributed by atoms with Crippen molar-refractivity contribution in [3.05, 3.63) is 75.9 Å². The first kappa shape index (κ1) is 21.7. The number of hydrogen-bond acceptors (Lipinski definition) is 1. The van der Waals surface area contributed by atoms with Crippen LogP contribution in [0.1, 0.15) is 80.6 Å². The molecule has 0 heterocycles. The van der Waals surface area contributed by atoms with Crippen LogP contribution < -0.4 is 0 Å². The highest BCUT2D eigenvalue weighted by atomic mass is 16.4. The number of carboxylic acid groups (broad SMARTS) is 1. The van der Waals surface area contributed by atoms with Crippen molar-refractivity contribution in [2.24, 2.45) is 5.41 Å². The third kappa shape index (κ3) is 4.92. The van der Waals surface area contributed by atoms with Crippen molar-refractivity contribution in [3.8, 4) is 11.8 Å². The van der Waals surface area contributed by atoms with Crippen LogP contribution in [0.5, 0.6) is 0 Å². The number of benzene rings is 2. The minimum Gasteiger partial charge on any atom is -0.478 e. The zero-order chi connectivity index (χ0) is 22.1. The van der Waals surface area contributed by atoms with E-state index in [0.717, 1.165) is 23.1 Å². The SMILES string of the molecule is CC1=C(C#CC(C)(C)C)c2cc(/C=C/c3ccc(C(=O)O)cc3)ccc2C(C)(C)C1. The lowest BCUT2D eigenvalue weighted by Crippen LogP contribution is -2.23. The van der Waals surface area contributed by atoms with E-state index in [4.69, 9.17) is 5.11 Å². The van der Waals surface area contributed by atoms with Gasteiger partial charge in [-0.2, -0.15) is 0 Å². The van der Waals surface area contributed by atoms with Crippen molar-refractivity contribution >= 4 is 23.7 Å². The molecule has 154 valence electrons. The van der Waals surface area contributed by atoms with Gasteiger partial charge in [-0.05, 0) is 80.0 Å². The summed E-state index contributed by atoms with van der Waals surface area (Å²) in [5.41, 5.74) is 7.48. The van der Waals surface area contributed by atoms with Gasteiger partial charge in [-0.15, -0.1) is 0 Å². The molecular weight excluding hydrogens is 368 g/mol. The van der Waals surface area contributed by atoms with E-state index in [2.05, 4.69) is 77.7 Å². The van der Waals surface area contributed by atoms with Crippen LogP contribution in [-0.4, -0.2) is 11.1 Å². The third-order valence-electron chi connectivity index (χ3n) is 5.36. The molecule has 30 heavy (non-hydrogen) atoms. The van der Waals surface area contributed by atoms with Crippen LogP contribution in [0.3, 0.4) is 0 Å². The summed E-state index contributed by atoms with van der Waals surface area (Å²) in [4.78, 5) is 11.0. The van der Waals surface area contributed by atoms with E-state index in [1.165, 1.54) is 16.7 Å². The molecule has 0 bridgehead atoms. The fourth-order valence-corrected chi connectivity index (χ4v) is 3.89. The van der Waals surface area contributed by atoms with Crippen LogP contribution in [0, 0.1) is 17.3 Å². The largest absolute Gasteiger partial charge is 0.478 e. The lowest BCUT2D eigenvalue weighted by molar-refractivity contribution is 0.0697. The van der Waals surface area contributed by atoms with E-state index in [1.54, 1.807) is 12.1 Å². The van der Waals surface area contributed by atoms with Crippen LogP contribution in [0.15, 0.2) is 48.0 Å². The highest BCUT2D eigenvalue weighted by Crippen LogP contribution is 2.42.